The molecule has 0 aliphatic carbocycles. The molecule has 0 saturated carbocycles. The maximum absolute atomic E-state index is 14.0. The third kappa shape index (κ3) is 6.81. The molecule has 1 fully saturated rings. The zero-order valence-electron chi connectivity index (χ0n) is 21.7. The fraction of sp³-hybridized carbons (Fsp3) is 0.259. The molecule has 0 atom stereocenters. The average Bonchev–Trinajstić information content (AvgIpc) is 3.39. The molecule has 9 nitrogen and oxygen atoms in total. The van der Waals surface area contributed by atoms with Gasteiger partial charge >= 0.3 is 0 Å². The lowest BCUT2D eigenvalue weighted by Gasteiger charge is -2.34. The number of hydrogen-bond acceptors (Lipinski definition) is 8. The lowest BCUT2D eigenvalue weighted by atomic mass is 10.2. The number of thiazole rings is 1. The number of sulfonamides is 1. The van der Waals surface area contributed by atoms with Gasteiger partial charge in [-0.25, -0.2) is 17.8 Å². The lowest BCUT2D eigenvalue weighted by molar-refractivity contribution is 0.0948. The van der Waals surface area contributed by atoms with Gasteiger partial charge in [0.25, 0.3) is 15.9 Å². The highest BCUT2D eigenvalue weighted by Gasteiger charge is 2.21. The van der Waals surface area contributed by atoms with Crippen LogP contribution in [0.15, 0.2) is 71.6 Å². The molecule has 2 heterocycles. The van der Waals surface area contributed by atoms with Crippen molar-refractivity contribution in [3.05, 3.63) is 78.1 Å². The van der Waals surface area contributed by atoms with Gasteiger partial charge in [0.2, 0.25) is 0 Å². The molecule has 1 aliphatic rings. The molecule has 0 spiro atoms. The minimum Gasteiger partial charge on any atom is -0.497 e. The molecule has 4 aromatic rings. The number of halogens is 2. The number of methoxy groups -OCH3 is 1. The number of carbonyl (C=O) groups excluding carboxylic acids is 1. The maximum Gasteiger partial charge on any atom is 0.261 e. The largest absolute Gasteiger partial charge is 0.497 e. The van der Waals surface area contributed by atoms with Crippen LogP contribution >= 0.6 is 23.7 Å². The molecule has 13 heteroatoms. The molecule has 1 aromatic heterocycles. The van der Waals surface area contributed by atoms with E-state index < -0.39 is 10.0 Å². The first-order valence-electron chi connectivity index (χ1n) is 12.4. The van der Waals surface area contributed by atoms with Crippen molar-refractivity contribution < 1.29 is 22.3 Å². The van der Waals surface area contributed by atoms with Crippen LogP contribution in [-0.2, 0) is 10.0 Å². The van der Waals surface area contributed by atoms with Gasteiger partial charge in [-0.15, -0.1) is 12.4 Å². The topological polar surface area (TPSA) is 104 Å². The highest BCUT2D eigenvalue weighted by atomic mass is 35.5. The van der Waals surface area contributed by atoms with E-state index in [-0.39, 0.29) is 29.0 Å². The van der Waals surface area contributed by atoms with Gasteiger partial charge in [-0.1, -0.05) is 17.4 Å². The average molecular weight is 606 g/mol. The first kappa shape index (κ1) is 29.5. The van der Waals surface area contributed by atoms with Gasteiger partial charge in [-0.05, 0) is 60.7 Å². The van der Waals surface area contributed by atoms with E-state index in [1.807, 2.05) is 6.07 Å². The van der Waals surface area contributed by atoms with Crippen LogP contribution in [0.5, 0.6) is 5.75 Å². The summed E-state index contributed by atoms with van der Waals surface area (Å²) < 4.78 is 47.6. The van der Waals surface area contributed by atoms with Gasteiger partial charge in [0, 0.05) is 50.5 Å². The monoisotopic (exact) mass is 605 g/mol. The van der Waals surface area contributed by atoms with Crippen molar-refractivity contribution in [1.82, 2.24) is 15.2 Å². The Balaban J connectivity index is 0.00000370. The second-order valence-corrected chi connectivity index (χ2v) is 11.7. The molecule has 1 saturated heterocycles. The Bertz CT molecular complexity index is 1560. The van der Waals surface area contributed by atoms with Gasteiger partial charge in [-0.2, -0.15) is 0 Å². The standard InChI is InChI=1S/C27H28FN5O4S2.ClH/c1-37-21-9-11-22(12-10-21)39(35,36)31-20-7-5-19(6-8-20)26(34)29-13-14-32-15-17-33(18-16-32)27-30-25-23(28)3-2-4-24(25)38-27;/h2-12,31H,13-18H2,1H3,(H,29,34);1H. The fourth-order valence-electron chi connectivity index (χ4n) is 4.29. The summed E-state index contributed by atoms with van der Waals surface area (Å²) in [4.78, 5) is 21.6. The third-order valence-corrected chi connectivity index (χ3v) is 8.96. The summed E-state index contributed by atoms with van der Waals surface area (Å²) in [6.07, 6.45) is 0. The van der Waals surface area contributed by atoms with Crippen molar-refractivity contribution >= 4 is 60.7 Å². The molecule has 5 rings (SSSR count). The lowest BCUT2D eigenvalue weighted by Crippen LogP contribution is -2.48. The Morgan fingerprint density at radius 1 is 1.02 bits per heavy atom. The molecule has 40 heavy (non-hydrogen) atoms. The van der Waals surface area contributed by atoms with E-state index in [1.54, 1.807) is 42.5 Å². The van der Waals surface area contributed by atoms with E-state index >= 15 is 0 Å². The normalized spacial score (nSPS) is 14.0. The number of ether oxygens (including phenoxy) is 1. The molecule has 0 radical (unpaired) electrons. The molecule has 1 amide bonds. The Morgan fingerprint density at radius 3 is 2.38 bits per heavy atom. The molecular weight excluding hydrogens is 577 g/mol. The summed E-state index contributed by atoms with van der Waals surface area (Å²) >= 11 is 1.50. The smallest absolute Gasteiger partial charge is 0.261 e. The van der Waals surface area contributed by atoms with Crippen LogP contribution in [0, 0.1) is 5.82 Å². The number of amides is 1. The number of benzene rings is 3. The van der Waals surface area contributed by atoms with Crippen molar-refractivity contribution in [1.29, 1.82) is 0 Å². The number of hydrogen-bond donors (Lipinski definition) is 2. The number of anilines is 2. The van der Waals surface area contributed by atoms with Crippen molar-refractivity contribution in [3.63, 3.8) is 0 Å². The quantitative estimate of drug-likeness (QED) is 0.294. The first-order chi connectivity index (χ1) is 18.8. The van der Waals surface area contributed by atoms with Crippen molar-refractivity contribution in [2.45, 2.75) is 4.90 Å². The number of nitrogens with one attached hydrogen (secondary N) is 2. The maximum atomic E-state index is 14.0. The number of nitrogens with zero attached hydrogens (tertiary/aromatic N) is 3. The van der Waals surface area contributed by atoms with Gasteiger partial charge in [-0.3, -0.25) is 14.4 Å². The molecule has 3 aromatic carbocycles. The summed E-state index contributed by atoms with van der Waals surface area (Å²) in [5.41, 5.74) is 1.22. The Hall–Kier alpha value is -3.45. The van der Waals surface area contributed by atoms with E-state index in [2.05, 4.69) is 24.8 Å². The van der Waals surface area contributed by atoms with E-state index in [0.717, 1.165) is 36.0 Å². The van der Waals surface area contributed by atoms with Crippen LogP contribution in [0.2, 0.25) is 0 Å². The summed E-state index contributed by atoms with van der Waals surface area (Å²) in [7, 11) is -2.25. The summed E-state index contributed by atoms with van der Waals surface area (Å²) in [5.74, 6) is 0.0393. The number of carbonyl (C=O) groups is 1. The Labute approximate surface area is 242 Å². The van der Waals surface area contributed by atoms with Gasteiger partial charge in [0.05, 0.1) is 16.7 Å². The summed E-state index contributed by atoms with van der Waals surface area (Å²) in [6, 6.07) is 17.4. The zero-order chi connectivity index (χ0) is 27.4. The zero-order valence-corrected chi connectivity index (χ0v) is 24.1. The van der Waals surface area contributed by atoms with Crippen LogP contribution in [0.4, 0.5) is 15.2 Å². The molecule has 1 aliphatic heterocycles. The molecule has 212 valence electrons. The van der Waals surface area contributed by atoms with Crippen LogP contribution in [0.25, 0.3) is 10.2 Å². The second kappa shape index (κ2) is 12.8. The minimum absolute atomic E-state index is 0. The van der Waals surface area contributed by atoms with E-state index in [0.29, 0.717) is 35.6 Å². The van der Waals surface area contributed by atoms with E-state index in [4.69, 9.17) is 4.74 Å². The number of piperazine rings is 1. The Morgan fingerprint density at radius 2 is 1.73 bits per heavy atom. The number of aromatic nitrogens is 1. The van der Waals surface area contributed by atoms with E-state index in [9.17, 15) is 17.6 Å². The summed E-state index contributed by atoms with van der Waals surface area (Å²) in [5, 5.41) is 3.75. The second-order valence-electron chi connectivity index (χ2n) is 9.03. The van der Waals surface area contributed by atoms with Crippen molar-refractivity contribution in [2.75, 3.05) is 56.0 Å². The molecular formula is C27H29ClFN5O4S2. The number of fused-ring (bicyclic) bond motifs is 1. The van der Waals surface area contributed by atoms with Gasteiger partial charge in [0.1, 0.15) is 17.1 Å². The van der Waals surface area contributed by atoms with Crippen LogP contribution in [0.3, 0.4) is 0 Å². The molecule has 0 unspecified atom stereocenters. The number of para-hydroxylation sites is 1. The van der Waals surface area contributed by atoms with Crippen LogP contribution < -0.4 is 19.7 Å². The van der Waals surface area contributed by atoms with E-state index in [1.165, 1.54) is 36.6 Å². The highest BCUT2D eigenvalue weighted by molar-refractivity contribution is 7.92. The molecule has 0 bridgehead atoms. The van der Waals surface area contributed by atoms with Crippen LogP contribution in [0.1, 0.15) is 10.4 Å². The number of rotatable bonds is 9. The Kier molecular flexibility index (Phi) is 9.46. The predicted molar refractivity (Wildman–Crippen MR) is 158 cm³/mol. The van der Waals surface area contributed by atoms with Crippen molar-refractivity contribution in [2.24, 2.45) is 0 Å². The first-order valence-corrected chi connectivity index (χ1v) is 14.7. The van der Waals surface area contributed by atoms with Crippen molar-refractivity contribution in [3.8, 4) is 5.75 Å². The van der Waals surface area contributed by atoms with Crippen LogP contribution in [-0.4, -0.2) is 70.6 Å². The predicted octanol–water partition coefficient (Wildman–Crippen LogP) is 4.22. The van der Waals surface area contributed by atoms with Gasteiger partial charge in [0.15, 0.2) is 5.13 Å². The fourth-order valence-corrected chi connectivity index (χ4v) is 6.38. The van der Waals surface area contributed by atoms with Gasteiger partial charge < -0.3 is 15.0 Å². The third-order valence-electron chi connectivity index (χ3n) is 6.48. The molecule has 2 N–H and O–H groups in total. The SMILES string of the molecule is COc1ccc(S(=O)(=O)Nc2ccc(C(=O)NCCN3CCN(c4nc5c(F)cccc5s4)CC3)cc2)cc1.Cl. The highest BCUT2D eigenvalue weighted by Crippen LogP contribution is 2.30. The summed E-state index contributed by atoms with van der Waals surface area (Å²) in [6.45, 7) is 4.38. The minimum atomic E-state index is -3.76.